The molecule has 0 radical (unpaired) electrons. The predicted octanol–water partition coefficient (Wildman–Crippen LogP) is 2.09. The molecule has 22 heavy (non-hydrogen) atoms. The average molecular weight is 305 g/mol. The standard InChI is InChI=1S/C15H16FN3O3/c16-8-1-3-13-10(5-8)12(19-22-13)7-17-15(20)18-11-6-9-2-4-14(11)21-9/h1,3,5,9,11,14H,2,4,6-7H2,(H2,17,18,20)/t9-,11+,14+/m0/s1. The number of nitrogens with one attached hydrogen (secondary N) is 2. The van der Waals surface area contributed by atoms with Gasteiger partial charge >= 0.3 is 6.03 Å². The molecule has 2 aromatic rings. The molecular formula is C15H16FN3O3. The molecule has 0 saturated carbocycles. The van der Waals surface area contributed by atoms with Gasteiger partial charge in [-0.1, -0.05) is 5.16 Å². The highest BCUT2D eigenvalue weighted by atomic mass is 19.1. The van der Waals surface area contributed by atoms with Crippen LogP contribution in [0, 0.1) is 5.82 Å². The lowest BCUT2D eigenvalue weighted by Gasteiger charge is -2.20. The normalized spacial score (nSPS) is 26.5. The zero-order valence-corrected chi connectivity index (χ0v) is 11.8. The number of carbonyl (C=O) groups is 1. The predicted molar refractivity (Wildman–Crippen MR) is 75.6 cm³/mol. The molecule has 7 heteroatoms. The lowest BCUT2D eigenvalue weighted by atomic mass is 9.96. The number of aromatic nitrogens is 1. The number of carbonyl (C=O) groups excluding carboxylic acids is 1. The van der Waals surface area contributed by atoms with E-state index in [0.717, 1.165) is 19.3 Å². The number of urea groups is 1. The van der Waals surface area contributed by atoms with Crippen molar-refractivity contribution in [2.45, 2.75) is 44.1 Å². The molecule has 2 fully saturated rings. The molecule has 3 atom stereocenters. The number of rotatable bonds is 3. The van der Waals surface area contributed by atoms with E-state index in [1.165, 1.54) is 18.2 Å². The zero-order valence-electron chi connectivity index (χ0n) is 11.8. The van der Waals surface area contributed by atoms with Gasteiger partial charge < -0.3 is 19.9 Å². The molecule has 0 spiro atoms. The highest BCUT2D eigenvalue weighted by molar-refractivity contribution is 5.80. The van der Waals surface area contributed by atoms with E-state index in [9.17, 15) is 9.18 Å². The Morgan fingerprint density at radius 1 is 1.41 bits per heavy atom. The maximum Gasteiger partial charge on any atom is 0.315 e. The second-order valence-electron chi connectivity index (χ2n) is 5.81. The summed E-state index contributed by atoms with van der Waals surface area (Å²) in [6.45, 7) is 0.184. The first-order valence-electron chi connectivity index (χ1n) is 7.42. The fourth-order valence-electron chi connectivity index (χ4n) is 3.26. The molecule has 2 aliphatic rings. The molecule has 2 saturated heterocycles. The van der Waals surface area contributed by atoms with Gasteiger partial charge in [-0.15, -0.1) is 0 Å². The first-order valence-corrected chi connectivity index (χ1v) is 7.42. The van der Waals surface area contributed by atoms with Gasteiger partial charge in [-0.3, -0.25) is 0 Å². The fraction of sp³-hybridized carbons (Fsp3) is 0.467. The Kier molecular flexibility index (Phi) is 3.22. The SMILES string of the molecule is O=C(NCc1noc2ccc(F)cc12)N[C@@H]1C[C@@H]2CC[C@H]1O2. The maximum atomic E-state index is 13.3. The van der Waals surface area contributed by atoms with Crippen LogP contribution in [-0.2, 0) is 11.3 Å². The number of fused-ring (bicyclic) bond motifs is 3. The Labute approximate surface area is 126 Å². The molecule has 3 heterocycles. The van der Waals surface area contributed by atoms with Gasteiger partial charge in [0.1, 0.15) is 11.5 Å². The molecule has 2 bridgehead atoms. The van der Waals surface area contributed by atoms with Crippen LogP contribution in [0.1, 0.15) is 25.0 Å². The van der Waals surface area contributed by atoms with E-state index in [0.29, 0.717) is 16.7 Å². The molecule has 2 N–H and O–H groups in total. The number of hydrogen-bond donors (Lipinski definition) is 2. The van der Waals surface area contributed by atoms with E-state index < -0.39 is 0 Å². The summed E-state index contributed by atoms with van der Waals surface area (Å²) < 4.78 is 24.1. The molecule has 2 amide bonds. The van der Waals surface area contributed by atoms with Crippen LogP contribution in [0.25, 0.3) is 11.0 Å². The van der Waals surface area contributed by atoms with Crippen molar-refractivity contribution in [1.82, 2.24) is 15.8 Å². The number of benzene rings is 1. The Morgan fingerprint density at radius 2 is 2.32 bits per heavy atom. The quantitative estimate of drug-likeness (QED) is 0.910. The molecule has 0 unspecified atom stereocenters. The van der Waals surface area contributed by atoms with Gasteiger partial charge in [0, 0.05) is 5.39 Å². The van der Waals surface area contributed by atoms with Crippen molar-refractivity contribution in [3.8, 4) is 0 Å². The van der Waals surface area contributed by atoms with Crippen molar-refractivity contribution in [1.29, 1.82) is 0 Å². The van der Waals surface area contributed by atoms with Gasteiger partial charge in [-0.25, -0.2) is 9.18 Å². The van der Waals surface area contributed by atoms with Gasteiger partial charge in [0.2, 0.25) is 0 Å². The average Bonchev–Trinajstić information content (AvgIpc) is 3.20. The minimum Gasteiger partial charge on any atom is -0.373 e. The Bertz CT molecular complexity index is 717. The molecule has 1 aromatic heterocycles. The molecule has 6 nitrogen and oxygen atoms in total. The third kappa shape index (κ3) is 2.41. The molecule has 116 valence electrons. The summed E-state index contributed by atoms with van der Waals surface area (Å²) in [6.07, 6.45) is 3.38. The van der Waals surface area contributed by atoms with E-state index in [-0.39, 0.29) is 36.6 Å². The Morgan fingerprint density at radius 3 is 3.09 bits per heavy atom. The molecular weight excluding hydrogens is 289 g/mol. The molecule has 1 aromatic carbocycles. The maximum absolute atomic E-state index is 13.3. The van der Waals surface area contributed by atoms with Crippen molar-refractivity contribution in [3.05, 3.63) is 29.7 Å². The van der Waals surface area contributed by atoms with Crippen LogP contribution in [0.3, 0.4) is 0 Å². The van der Waals surface area contributed by atoms with Crippen LogP contribution in [0.5, 0.6) is 0 Å². The lowest BCUT2D eigenvalue weighted by Crippen LogP contribution is -2.46. The van der Waals surface area contributed by atoms with Crippen LogP contribution >= 0.6 is 0 Å². The van der Waals surface area contributed by atoms with Crippen LogP contribution < -0.4 is 10.6 Å². The highest BCUT2D eigenvalue weighted by Crippen LogP contribution is 2.34. The topological polar surface area (TPSA) is 76.4 Å². The van der Waals surface area contributed by atoms with E-state index >= 15 is 0 Å². The van der Waals surface area contributed by atoms with E-state index in [4.69, 9.17) is 9.26 Å². The lowest BCUT2D eigenvalue weighted by molar-refractivity contribution is 0.0981. The third-order valence-corrected chi connectivity index (χ3v) is 4.35. The van der Waals surface area contributed by atoms with Gasteiger partial charge in [0.15, 0.2) is 5.58 Å². The van der Waals surface area contributed by atoms with Crippen molar-refractivity contribution in [2.24, 2.45) is 0 Å². The number of hydrogen-bond acceptors (Lipinski definition) is 4. The summed E-state index contributed by atoms with van der Waals surface area (Å²) >= 11 is 0. The van der Waals surface area contributed by atoms with Crippen LogP contribution in [0.15, 0.2) is 22.7 Å². The summed E-state index contributed by atoms with van der Waals surface area (Å²) in [7, 11) is 0. The van der Waals surface area contributed by atoms with Gasteiger partial charge in [0.25, 0.3) is 0 Å². The highest BCUT2D eigenvalue weighted by Gasteiger charge is 2.41. The van der Waals surface area contributed by atoms with Gasteiger partial charge in [-0.2, -0.15) is 0 Å². The fourth-order valence-corrected chi connectivity index (χ4v) is 3.26. The van der Waals surface area contributed by atoms with Crippen LogP contribution in [0.2, 0.25) is 0 Å². The first-order chi connectivity index (χ1) is 10.7. The second kappa shape index (κ2) is 5.24. The Hall–Kier alpha value is -2.15. The van der Waals surface area contributed by atoms with E-state index in [1.807, 2.05) is 0 Å². The largest absolute Gasteiger partial charge is 0.373 e. The Balaban J connectivity index is 1.37. The summed E-state index contributed by atoms with van der Waals surface area (Å²) in [5.41, 5.74) is 1.01. The number of amides is 2. The van der Waals surface area contributed by atoms with Crippen LogP contribution in [-0.4, -0.2) is 29.4 Å². The van der Waals surface area contributed by atoms with Crippen molar-refractivity contribution in [3.63, 3.8) is 0 Å². The number of nitrogens with zero attached hydrogens (tertiary/aromatic N) is 1. The monoisotopic (exact) mass is 305 g/mol. The summed E-state index contributed by atoms with van der Waals surface area (Å²) in [6, 6.07) is 3.99. The molecule has 2 aliphatic heterocycles. The number of ether oxygens (including phenoxy) is 1. The smallest absolute Gasteiger partial charge is 0.315 e. The van der Waals surface area contributed by atoms with Crippen LogP contribution in [0.4, 0.5) is 9.18 Å². The summed E-state index contributed by atoms with van der Waals surface area (Å²) in [5.74, 6) is -0.361. The van der Waals surface area contributed by atoms with E-state index in [2.05, 4.69) is 15.8 Å². The second-order valence-corrected chi connectivity index (χ2v) is 5.81. The molecule has 0 aliphatic carbocycles. The minimum atomic E-state index is -0.361. The zero-order chi connectivity index (χ0) is 15.1. The number of halogens is 1. The summed E-state index contributed by atoms with van der Waals surface area (Å²) in [4.78, 5) is 12.0. The molecule has 4 rings (SSSR count). The van der Waals surface area contributed by atoms with Crippen molar-refractivity contribution >= 4 is 17.0 Å². The minimum absolute atomic E-state index is 0.0743. The first kappa shape index (κ1) is 13.5. The van der Waals surface area contributed by atoms with Crippen molar-refractivity contribution < 1.29 is 18.4 Å². The summed E-state index contributed by atoms with van der Waals surface area (Å²) in [5, 5.41) is 10.1. The van der Waals surface area contributed by atoms with E-state index in [1.54, 1.807) is 0 Å². The van der Waals surface area contributed by atoms with Crippen molar-refractivity contribution in [2.75, 3.05) is 0 Å². The van der Waals surface area contributed by atoms with Gasteiger partial charge in [-0.05, 0) is 37.5 Å². The van der Waals surface area contributed by atoms with Gasteiger partial charge in [0.05, 0.1) is 24.8 Å². The third-order valence-electron chi connectivity index (χ3n) is 4.35.